The molecule has 0 unspecified atom stereocenters. The standard InChI is InChI=1S/C22H21N5O/c23-12-21(28)22-19-7-5-17(26-19)10-15-3-1-13(24-15)9-14-2-4-16(25-14)11-18-6-8-20(22)27-18/h1,3,6,8-11,24,27H,2,4-5,7,12,23H2. The number of nitrogens with two attached hydrogens (primary N) is 1. The molecule has 0 saturated heterocycles. The third kappa shape index (κ3) is 3.12. The summed E-state index contributed by atoms with van der Waals surface area (Å²) in [5.41, 5.74) is 13.9. The molecule has 0 aliphatic carbocycles. The number of hydrogen-bond donors (Lipinski definition) is 3. The van der Waals surface area contributed by atoms with Crippen LogP contribution in [0.1, 0.15) is 33.1 Å². The zero-order valence-corrected chi connectivity index (χ0v) is 15.5. The largest absolute Gasteiger partial charge is 0.355 e. The Hall–Kier alpha value is -3.25. The molecule has 3 aromatic heterocycles. The number of carbonyl (C=O) groups excluding carboxylic acids is 1. The number of rotatable bonds is 2. The molecule has 0 radical (unpaired) electrons. The van der Waals surface area contributed by atoms with Gasteiger partial charge in [-0.2, -0.15) is 0 Å². The second kappa shape index (κ2) is 6.73. The highest BCUT2D eigenvalue weighted by atomic mass is 16.1. The van der Waals surface area contributed by atoms with Crippen molar-refractivity contribution in [1.29, 1.82) is 0 Å². The second-order valence-corrected chi connectivity index (χ2v) is 7.28. The zero-order valence-electron chi connectivity index (χ0n) is 15.5. The SMILES string of the molecule is NCC(=O)c1c2nc(cc3ccc(cc4nc(cc5ccc1[nH]5)CC4)[nH]3)CC2. The molecule has 0 spiro atoms. The fourth-order valence-electron chi connectivity index (χ4n) is 3.93. The lowest BCUT2D eigenvalue weighted by Crippen LogP contribution is -2.15. The minimum atomic E-state index is -0.0971. The molecule has 0 fully saturated rings. The number of hydrogen-bond acceptors (Lipinski definition) is 4. The summed E-state index contributed by atoms with van der Waals surface area (Å²) < 4.78 is 0. The summed E-state index contributed by atoms with van der Waals surface area (Å²) in [6.07, 6.45) is 3.36. The molecule has 3 aromatic rings. The number of fused-ring (bicyclic) bond motifs is 8. The second-order valence-electron chi connectivity index (χ2n) is 7.28. The van der Waals surface area contributed by atoms with Gasteiger partial charge in [-0.1, -0.05) is 0 Å². The number of H-pyrrole nitrogens is 2. The molecule has 2 aliphatic heterocycles. The van der Waals surface area contributed by atoms with Crippen molar-refractivity contribution >= 4 is 27.9 Å². The highest BCUT2D eigenvalue weighted by Gasteiger charge is 2.17. The number of nitrogens with one attached hydrogen (secondary N) is 2. The van der Waals surface area contributed by atoms with E-state index in [9.17, 15) is 4.79 Å². The Kier molecular flexibility index (Phi) is 4.06. The van der Waals surface area contributed by atoms with Crippen LogP contribution in [0.4, 0.5) is 0 Å². The van der Waals surface area contributed by atoms with Crippen LogP contribution in [0.5, 0.6) is 0 Å². The van der Waals surface area contributed by atoms with Gasteiger partial charge in [-0.15, -0.1) is 0 Å². The molecule has 8 bridgehead atoms. The Balaban J connectivity index is 1.86. The Morgan fingerprint density at radius 2 is 1.39 bits per heavy atom. The lowest BCUT2D eigenvalue weighted by molar-refractivity contribution is 0.100. The molecule has 5 heterocycles. The topological polar surface area (TPSA) is 100 Å². The minimum Gasteiger partial charge on any atom is -0.355 e. The molecule has 4 N–H and O–H groups in total. The summed E-state index contributed by atoms with van der Waals surface area (Å²) >= 11 is 0. The Labute approximate surface area is 161 Å². The smallest absolute Gasteiger partial charge is 0.180 e. The van der Waals surface area contributed by atoms with E-state index in [1.54, 1.807) is 0 Å². The van der Waals surface area contributed by atoms with Gasteiger partial charge in [0.2, 0.25) is 0 Å². The Bertz CT molecular complexity index is 1230. The van der Waals surface area contributed by atoms with Gasteiger partial charge in [-0.3, -0.25) is 14.8 Å². The lowest BCUT2D eigenvalue weighted by Gasteiger charge is -2.00. The molecule has 140 valence electrons. The van der Waals surface area contributed by atoms with Crippen molar-refractivity contribution < 1.29 is 4.79 Å². The number of aromatic amines is 2. The summed E-state index contributed by atoms with van der Waals surface area (Å²) in [5.74, 6) is -0.0971. The average molecular weight is 371 g/mol. The highest BCUT2D eigenvalue weighted by Crippen LogP contribution is 2.21. The van der Waals surface area contributed by atoms with E-state index in [0.29, 0.717) is 5.56 Å². The van der Waals surface area contributed by atoms with Gasteiger partial charge in [0.15, 0.2) is 5.78 Å². The van der Waals surface area contributed by atoms with Crippen molar-refractivity contribution in [2.75, 3.05) is 6.54 Å². The predicted octanol–water partition coefficient (Wildman–Crippen LogP) is 3.03. The van der Waals surface area contributed by atoms with Crippen molar-refractivity contribution in [2.24, 2.45) is 5.73 Å². The summed E-state index contributed by atoms with van der Waals surface area (Å²) in [5, 5.41) is 0. The summed E-state index contributed by atoms with van der Waals surface area (Å²) in [7, 11) is 0. The van der Waals surface area contributed by atoms with E-state index >= 15 is 0 Å². The van der Waals surface area contributed by atoms with E-state index in [1.165, 1.54) is 0 Å². The van der Waals surface area contributed by atoms with Crippen LogP contribution in [-0.4, -0.2) is 32.3 Å². The molecule has 28 heavy (non-hydrogen) atoms. The molecule has 2 aliphatic rings. The van der Waals surface area contributed by atoms with Gasteiger partial charge in [-0.05, 0) is 68.1 Å². The summed E-state index contributed by atoms with van der Waals surface area (Å²) in [4.78, 5) is 28.8. The molecule has 6 heteroatoms. The Morgan fingerprint density at radius 1 is 0.821 bits per heavy atom. The molecule has 0 atom stereocenters. The van der Waals surface area contributed by atoms with Crippen LogP contribution in [0.25, 0.3) is 22.1 Å². The van der Waals surface area contributed by atoms with Crippen molar-refractivity contribution in [3.63, 3.8) is 0 Å². The van der Waals surface area contributed by atoms with Gasteiger partial charge in [0.1, 0.15) is 0 Å². The number of nitrogens with zero attached hydrogens (tertiary/aromatic N) is 2. The maximum atomic E-state index is 12.6. The predicted molar refractivity (Wildman–Crippen MR) is 109 cm³/mol. The van der Waals surface area contributed by atoms with Crippen LogP contribution in [0.2, 0.25) is 0 Å². The third-order valence-electron chi connectivity index (χ3n) is 5.25. The molecule has 0 amide bonds. The van der Waals surface area contributed by atoms with E-state index in [-0.39, 0.29) is 12.3 Å². The maximum absolute atomic E-state index is 12.6. The van der Waals surface area contributed by atoms with Crippen LogP contribution in [0.15, 0.2) is 42.5 Å². The highest BCUT2D eigenvalue weighted by molar-refractivity contribution is 6.04. The van der Waals surface area contributed by atoms with Gasteiger partial charge >= 0.3 is 0 Å². The fourth-order valence-corrected chi connectivity index (χ4v) is 3.93. The molecule has 0 aromatic carbocycles. The van der Waals surface area contributed by atoms with Gasteiger partial charge in [-0.25, -0.2) is 0 Å². The van der Waals surface area contributed by atoms with E-state index in [2.05, 4.69) is 22.1 Å². The van der Waals surface area contributed by atoms with E-state index < -0.39 is 0 Å². The van der Waals surface area contributed by atoms with E-state index in [1.807, 2.05) is 30.3 Å². The fraction of sp³-hybridized carbons (Fsp3) is 0.227. The first kappa shape index (κ1) is 16.9. The van der Waals surface area contributed by atoms with Gasteiger partial charge < -0.3 is 15.7 Å². The van der Waals surface area contributed by atoms with Crippen LogP contribution in [0.3, 0.4) is 0 Å². The van der Waals surface area contributed by atoms with Crippen molar-refractivity contribution in [3.8, 4) is 0 Å². The monoisotopic (exact) mass is 371 g/mol. The molecule has 0 saturated carbocycles. The number of ketones is 1. The first-order valence-electron chi connectivity index (χ1n) is 9.58. The first-order valence-corrected chi connectivity index (χ1v) is 9.58. The normalized spacial score (nSPS) is 13.6. The van der Waals surface area contributed by atoms with Crippen molar-refractivity contribution in [2.45, 2.75) is 25.7 Å². The van der Waals surface area contributed by atoms with E-state index in [0.717, 1.165) is 70.5 Å². The summed E-state index contributed by atoms with van der Waals surface area (Å²) in [6, 6.07) is 14.2. The van der Waals surface area contributed by atoms with Gasteiger partial charge in [0, 0.05) is 33.6 Å². The van der Waals surface area contributed by atoms with E-state index in [4.69, 9.17) is 15.7 Å². The zero-order chi connectivity index (χ0) is 19.1. The number of Topliss-reactive ketones (excluding diaryl/α,β-unsaturated/α-hetero) is 1. The molecule has 6 nitrogen and oxygen atoms in total. The van der Waals surface area contributed by atoms with Crippen LogP contribution >= 0.6 is 0 Å². The molecule has 5 rings (SSSR count). The average Bonchev–Trinajstić information content (AvgIpc) is 3.46. The van der Waals surface area contributed by atoms with Gasteiger partial charge in [0.05, 0.1) is 23.3 Å². The van der Waals surface area contributed by atoms with Crippen LogP contribution < -0.4 is 5.73 Å². The van der Waals surface area contributed by atoms with Crippen LogP contribution in [-0.2, 0) is 25.7 Å². The van der Waals surface area contributed by atoms with Crippen molar-refractivity contribution in [3.05, 3.63) is 70.8 Å². The number of aryl methyl sites for hydroxylation is 4. The molecular formula is C22H21N5O. The minimum absolute atomic E-state index is 0.0354. The first-order chi connectivity index (χ1) is 13.7. The van der Waals surface area contributed by atoms with Gasteiger partial charge in [0.25, 0.3) is 0 Å². The molecular weight excluding hydrogens is 350 g/mol. The quantitative estimate of drug-likeness (QED) is 0.603. The Morgan fingerprint density at radius 3 is 2.07 bits per heavy atom. The maximum Gasteiger partial charge on any atom is 0.180 e. The van der Waals surface area contributed by atoms with Crippen molar-refractivity contribution in [1.82, 2.24) is 19.9 Å². The lowest BCUT2D eigenvalue weighted by atomic mass is 10.1. The van der Waals surface area contributed by atoms with Crippen LogP contribution in [0, 0.1) is 0 Å². The summed E-state index contributed by atoms with van der Waals surface area (Å²) in [6.45, 7) is -0.0354. The number of carbonyl (C=O) groups is 1. The number of aromatic nitrogens is 4. The third-order valence-corrected chi connectivity index (χ3v) is 5.25.